The highest BCUT2D eigenvalue weighted by molar-refractivity contribution is 5.82. The van der Waals surface area contributed by atoms with E-state index in [1.54, 1.807) is 0 Å². The molecule has 1 aliphatic heterocycles. The van der Waals surface area contributed by atoms with E-state index in [2.05, 4.69) is 15.4 Å². The van der Waals surface area contributed by atoms with E-state index < -0.39 is 0 Å². The lowest BCUT2D eigenvalue weighted by atomic mass is 10.1. The van der Waals surface area contributed by atoms with E-state index in [1.807, 2.05) is 6.92 Å². The predicted octanol–water partition coefficient (Wildman–Crippen LogP) is 0.0543. The molecule has 1 heterocycles. The van der Waals surface area contributed by atoms with Crippen molar-refractivity contribution in [2.24, 2.45) is 16.8 Å². The molecule has 1 rings (SSSR count). The first kappa shape index (κ1) is 12.3. The molecule has 1 saturated heterocycles. The number of amidine groups is 1. The van der Waals surface area contributed by atoms with Crippen LogP contribution in [0.15, 0.2) is 5.16 Å². The van der Waals surface area contributed by atoms with E-state index in [4.69, 9.17) is 10.9 Å². The molecular formula is C10H22N4O. The highest BCUT2D eigenvalue weighted by Gasteiger charge is 2.11. The molecule has 1 atom stereocenters. The molecule has 0 saturated carbocycles. The second kappa shape index (κ2) is 6.63. The average molecular weight is 214 g/mol. The Bertz CT molecular complexity index is 202. The number of hydrogen-bond acceptors (Lipinski definition) is 4. The molecule has 0 aliphatic carbocycles. The Labute approximate surface area is 91.3 Å². The van der Waals surface area contributed by atoms with E-state index >= 15 is 0 Å². The first-order valence-electron chi connectivity index (χ1n) is 5.64. The molecule has 5 heteroatoms. The van der Waals surface area contributed by atoms with E-state index in [0.717, 1.165) is 19.6 Å². The molecule has 0 aromatic heterocycles. The van der Waals surface area contributed by atoms with Crippen molar-refractivity contribution in [1.82, 2.24) is 10.2 Å². The van der Waals surface area contributed by atoms with Gasteiger partial charge in [0.25, 0.3) is 0 Å². The maximum atomic E-state index is 8.46. The number of nitrogens with zero attached hydrogens (tertiary/aromatic N) is 2. The maximum Gasteiger partial charge on any atom is 0.143 e. The lowest BCUT2D eigenvalue weighted by molar-refractivity contribution is 0.313. The van der Waals surface area contributed by atoms with Crippen molar-refractivity contribution in [2.45, 2.75) is 19.8 Å². The fraction of sp³-hybridized carbons (Fsp3) is 0.900. The number of rotatable bonds is 6. The molecule has 88 valence electrons. The van der Waals surface area contributed by atoms with Crippen LogP contribution in [0.4, 0.5) is 0 Å². The highest BCUT2D eigenvalue weighted by Crippen LogP contribution is 2.05. The Kier molecular flexibility index (Phi) is 5.42. The smallest absolute Gasteiger partial charge is 0.143 e. The summed E-state index contributed by atoms with van der Waals surface area (Å²) in [6, 6.07) is 0. The topological polar surface area (TPSA) is 73.9 Å². The van der Waals surface area contributed by atoms with Crippen molar-refractivity contribution >= 4 is 5.84 Å². The second-order valence-electron chi connectivity index (χ2n) is 4.18. The third-order valence-corrected chi connectivity index (χ3v) is 2.87. The summed E-state index contributed by atoms with van der Waals surface area (Å²) in [5.74, 6) is 0.386. The number of oxime groups is 1. The molecular weight excluding hydrogens is 192 g/mol. The standard InChI is InChI=1S/C10H22N4O/c1-9(10(11)13-15)8-12-4-7-14-5-2-3-6-14/h9,12,15H,2-8H2,1H3,(H2,11,13). The van der Waals surface area contributed by atoms with Crippen LogP contribution in [0.2, 0.25) is 0 Å². The zero-order valence-corrected chi connectivity index (χ0v) is 9.45. The SMILES string of the molecule is CC(CNCCN1CCCC1)C(N)=NO. The van der Waals surface area contributed by atoms with Crippen LogP contribution in [0, 0.1) is 5.92 Å². The lowest BCUT2D eigenvalue weighted by Gasteiger charge is -2.16. The molecule has 1 aliphatic rings. The van der Waals surface area contributed by atoms with E-state index in [1.165, 1.54) is 25.9 Å². The van der Waals surface area contributed by atoms with E-state index in [0.29, 0.717) is 5.84 Å². The summed E-state index contributed by atoms with van der Waals surface area (Å²) in [6.07, 6.45) is 2.67. The van der Waals surface area contributed by atoms with Gasteiger partial charge in [0.05, 0.1) is 0 Å². The van der Waals surface area contributed by atoms with Crippen LogP contribution in [0.5, 0.6) is 0 Å². The Morgan fingerprint density at radius 3 is 2.80 bits per heavy atom. The van der Waals surface area contributed by atoms with Crippen molar-refractivity contribution in [2.75, 3.05) is 32.7 Å². The van der Waals surface area contributed by atoms with Gasteiger partial charge in [0.1, 0.15) is 5.84 Å². The number of hydrogen-bond donors (Lipinski definition) is 3. The highest BCUT2D eigenvalue weighted by atomic mass is 16.4. The predicted molar refractivity (Wildman–Crippen MR) is 61.1 cm³/mol. The summed E-state index contributed by atoms with van der Waals surface area (Å²) in [5.41, 5.74) is 5.47. The first-order chi connectivity index (χ1) is 7.24. The summed E-state index contributed by atoms with van der Waals surface area (Å²) in [5, 5.41) is 14.8. The van der Waals surface area contributed by atoms with Gasteiger partial charge in [-0.05, 0) is 25.9 Å². The normalized spacial score (nSPS) is 20.7. The van der Waals surface area contributed by atoms with Gasteiger partial charge in [-0.25, -0.2) is 0 Å². The van der Waals surface area contributed by atoms with Crippen LogP contribution in [-0.2, 0) is 0 Å². The Balaban J connectivity index is 2.00. The monoisotopic (exact) mass is 214 g/mol. The molecule has 0 aromatic carbocycles. The minimum atomic E-state index is 0.0913. The zero-order valence-electron chi connectivity index (χ0n) is 9.45. The molecule has 0 radical (unpaired) electrons. The van der Waals surface area contributed by atoms with Crippen molar-refractivity contribution in [1.29, 1.82) is 0 Å². The number of likely N-dealkylation sites (tertiary alicyclic amines) is 1. The van der Waals surface area contributed by atoms with Crippen molar-refractivity contribution in [3.8, 4) is 0 Å². The van der Waals surface area contributed by atoms with Crippen molar-refractivity contribution in [3.05, 3.63) is 0 Å². The third kappa shape index (κ3) is 4.48. The largest absolute Gasteiger partial charge is 0.409 e. The molecule has 1 fully saturated rings. The zero-order chi connectivity index (χ0) is 11.1. The Hall–Kier alpha value is -0.810. The summed E-state index contributed by atoms with van der Waals surface area (Å²) < 4.78 is 0. The molecule has 0 amide bonds. The Morgan fingerprint density at radius 1 is 1.53 bits per heavy atom. The van der Waals surface area contributed by atoms with Gasteiger partial charge in [-0.2, -0.15) is 0 Å². The van der Waals surface area contributed by atoms with Crippen LogP contribution in [0.1, 0.15) is 19.8 Å². The fourth-order valence-corrected chi connectivity index (χ4v) is 1.77. The third-order valence-electron chi connectivity index (χ3n) is 2.87. The lowest BCUT2D eigenvalue weighted by Crippen LogP contribution is -2.35. The molecule has 0 spiro atoms. The molecule has 4 N–H and O–H groups in total. The maximum absolute atomic E-state index is 8.46. The molecule has 15 heavy (non-hydrogen) atoms. The molecule has 0 bridgehead atoms. The van der Waals surface area contributed by atoms with Crippen LogP contribution in [-0.4, -0.2) is 48.7 Å². The van der Waals surface area contributed by atoms with Gasteiger partial charge in [0.2, 0.25) is 0 Å². The number of nitrogens with two attached hydrogens (primary N) is 1. The van der Waals surface area contributed by atoms with Crippen molar-refractivity contribution in [3.63, 3.8) is 0 Å². The minimum absolute atomic E-state index is 0.0913. The second-order valence-corrected chi connectivity index (χ2v) is 4.18. The van der Waals surface area contributed by atoms with Crippen LogP contribution in [0.25, 0.3) is 0 Å². The van der Waals surface area contributed by atoms with Gasteiger partial charge in [-0.1, -0.05) is 12.1 Å². The molecule has 1 unspecified atom stereocenters. The van der Waals surface area contributed by atoms with E-state index in [-0.39, 0.29) is 5.92 Å². The van der Waals surface area contributed by atoms with Crippen LogP contribution < -0.4 is 11.1 Å². The van der Waals surface area contributed by atoms with Crippen LogP contribution >= 0.6 is 0 Å². The summed E-state index contributed by atoms with van der Waals surface area (Å²) in [7, 11) is 0. The van der Waals surface area contributed by atoms with Gasteiger partial charge >= 0.3 is 0 Å². The van der Waals surface area contributed by atoms with Crippen molar-refractivity contribution < 1.29 is 5.21 Å². The van der Waals surface area contributed by atoms with Gasteiger partial charge in [-0.15, -0.1) is 0 Å². The van der Waals surface area contributed by atoms with E-state index in [9.17, 15) is 0 Å². The first-order valence-corrected chi connectivity index (χ1v) is 5.64. The van der Waals surface area contributed by atoms with Gasteiger partial charge in [-0.3, -0.25) is 0 Å². The minimum Gasteiger partial charge on any atom is -0.409 e. The number of nitrogens with one attached hydrogen (secondary N) is 1. The molecule has 0 aromatic rings. The quantitative estimate of drug-likeness (QED) is 0.192. The average Bonchev–Trinajstić information content (AvgIpc) is 2.75. The summed E-state index contributed by atoms with van der Waals surface area (Å²) >= 11 is 0. The van der Waals surface area contributed by atoms with Gasteiger partial charge in [0, 0.05) is 25.6 Å². The van der Waals surface area contributed by atoms with Gasteiger partial charge < -0.3 is 21.2 Å². The summed E-state index contributed by atoms with van der Waals surface area (Å²) in [4.78, 5) is 2.46. The fourth-order valence-electron chi connectivity index (χ4n) is 1.77. The summed E-state index contributed by atoms with van der Waals surface area (Å²) in [6.45, 7) is 7.25. The molecule has 5 nitrogen and oxygen atoms in total. The van der Waals surface area contributed by atoms with Gasteiger partial charge in [0.15, 0.2) is 0 Å². The van der Waals surface area contributed by atoms with Crippen LogP contribution in [0.3, 0.4) is 0 Å². The Morgan fingerprint density at radius 2 is 2.20 bits per heavy atom.